The Balaban J connectivity index is 1.59. The van der Waals surface area contributed by atoms with Crippen LogP contribution in [0.15, 0.2) is 42.6 Å². The summed E-state index contributed by atoms with van der Waals surface area (Å²) in [5.41, 5.74) is 7.36. The van der Waals surface area contributed by atoms with Gasteiger partial charge in [0.1, 0.15) is 17.7 Å². The SMILES string of the molecule is CC(Oc1nc(-c2cccc(C(=O)N3CCN(C)CC3)c2)cnc1N)c1c(F)ccc(F)c1Cl. The molecule has 2 heterocycles. The van der Waals surface area contributed by atoms with Crippen molar-refractivity contribution < 1.29 is 18.3 Å². The summed E-state index contributed by atoms with van der Waals surface area (Å²) in [4.78, 5) is 25.5. The van der Waals surface area contributed by atoms with E-state index < -0.39 is 17.7 Å². The number of aromatic nitrogens is 2. The van der Waals surface area contributed by atoms with E-state index in [2.05, 4.69) is 14.9 Å². The summed E-state index contributed by atoms with van der Waals surface area (Å²) in [6.45, 7) is 4.48. The van der Waals surface area contributed by atoms with Gasteiger partial charge in [-0.3, -0.25) is 4.79 Å². The molecule has 178 valence electrons. The normalized spacial score (nSPS) is 15.3. The number of nitrogens with zero attached hydrogens (tertiary/aromatic N) is 4. The molecule has 4 rings (SSSR count). The van der Waals surface area contributed by atoms with Crippen LogP contribution in [0.3, 0.4) is 0 Å². The lowest BCUT2D eigenvalue weighted by molar-refractivity contribution is 0.0664. The van der Waals surface area contributed by atoms with Crippen LogP contribution in [0.5, 0.6) is 5.88 Å². The molecule has 0 aliphatic carbocycles. The zero-order valence-corrected chi connectivity index (χ0v) is 19.5. The van der Waals surface area contributed by atoms with Crippen molar-refractivity contribution >= 4 is 23.3 Å². The molecule has 1 saturated heterocycles. The van der Waals surface area contributed by atoms with Gasteiger partial charge in [-0.15, -0.1) is 0 Å². The van der Waals surface area contributed by atoms with Crippen LogP contribution in [0.4, 0.5) is 14.6 Å². The molecule has 1 atom stereocenters. The number of piperazine rings is 1. The van der Waals surface area contributed by atoms with Gasteiger partial charge in [-0.2, -0.15) is 0 Å². The fourth-order valence-corrected chi connectivity index (χ4v) is 4.06. The topological polar surface area (TPSA) is 84.6 Å². The third-order valence-corrected chi connectivity index (χ3v) is 6.12. The predicted octanol–water partition coefficient (Wildman–Crippen LogP) is 4.19. The summed E-state index contributed by atoms with van der Waals surface area (Å²) < 4.78 is 33.8. The highest BCUT2D eigenvalue weighted by molar-refractivity contribution is 6.31. The number of hydrogen-bond acceptors (Lipinski definition) is 6. The molecule has 1 unspecified atom stereocenters. The van der Waals surface area contributed by atoms with Gasteiger partial charge in [-0.05, 0) is 38.2 Å². The van der Waals surface area contributed by atoms with Gasteiger partial charge in [0.2, 0.25) is 0 Å². The lowest BCUT2D eigenvalue weighted by atomic mass is 10.1. The number of hydrogen-bond donors (Lipinski definition) is 1. The van der Waals surface area contributed by atoms with E-state index in [9.17, 15) is 13.6 Å². The molecule has 34 heavy (non-hydrogen) atoms. The van der Waals surface area contributed by atoms with Crippen molar-refractivity contribution in [1.82, 2.24) is 19.8 Å². The molecule has 2 N–H and O–H groups in total. The Morgan fingerprint density at radius 1 is 1.15 bits per heavy atom. The van der Waals surface area contributed by atoms with E-state index in [1.54, 1.807) is 24.3 Å². The van der Waals surface area contributed by atoms with Crippen molar-refractivity contribution in [2.75, 3.05) is 39.0 Å². The number of carbonyl (C=O) groups excluding carboxylic acids is 1. The average Bonchev–Trinajstić information content (AvgIpc) is 2.83. The van der Waals surface area contributed by atoms with E-state index >= 15 is 0 Å². The average molecular weight is 488 g/mol. The highest BCUT2D eigenvalue weighted by atomic mass is 35.5. The molecular formula is C24H24ClF2N5O2. The quantitative estimate of drug-likeness (QED) is 0.543. The van der Waals surface area contributed by atoms with Crippen LogP contribution in [0.25, 0.3) is 11.3 Å². The van der Waals surface area contributed by atoms with Crippen LogP contribution in [0.2, 0.25) is 5.02 Å². The van der Waals surface area contributed by atoms with Crippen LogP contribution >= 0.6 is 11.6 Å². The minimum atomic E-state index is -0.986. The summed E-state index contributed by atoms with van der Waals surface area (Å²) in [7, 11) is 2.03. The maximum Gasteiger partial charge on any atom is 0.258 e. The number of nitrogen functional groups attached to an aromatic ring is 1. The summed E-state index contributed by atoms with van der Waals surface area (Å²) in [5, 5.41) is -0.370. The van der Waals surface area contributed by atoms with Gasteiger partial charge >= 0.3 is 0 Å². The van der Waals surface area contributed by atoms with Gasteiger partial charge in [-0.25, -0.2) is 18.7 Å². The predicted molar refractivity (Wildman–Crippen MR) is 126 cm³/mol. The molecule has 7 nitrogen and oxygen atoms in total. The number of amides is 1. The Kier molecular flexibility index (Phi) is 6.95. The standard InChI is InChI=1S/C24H24ClF2N5O2/c1-14(20-17(26)6-7-18(27)21(20)25)34-23-22(28)29-13-19(30-23)15-4-3-5-16(12-15)24(33)32-10-8-31(2)9-11-32/h3-7,12-14H,8-11H2,1-2H3,(H2,28,29). The van der Waals surface area contributed by atoms with Crippen LogP contribution in [0.1, 0.15) is 28.9 Å². The number of anilines is 1. The van der Waals surface area contributed by atoms with Crippen molar-refractivity contribution in [2.45, 2.75) is 13.0 Å². The Morgan fingerprint density at radius 2 is 1.85 bits per heavy atom. The Labute approximate surface area is 201 Å². The van der Waals surface area contributed by atoms with Gasteiger partial charge in [0.15, 0.2) is 5.82 Å². The fourth-order valence-electron chi connectivity index (χ4n) is 3.75. The largest absolute Gasteiger partial charge is 0.467 e. The molecule has 0 saturated carbocycles. The van der Waals surface area contributed by atoms with Crippen molar-refractivity contribution in [3.8, 4) is 17.1 Å². The number of rotatable bonds is 5. The maximum absolute atomic E-state index is 14.3. The van der Waals surface area contributed by atoms with Gasteiger partial charge < -0.3 is 20.3 Å². The highest BCUT2D eigenvalue weighted by Crippen LogP contribution is 2.33. The molecular weight excluding hydrogens is 464 g/mol. The summed E-state index contributed by atoms with van der Waals surface area (Å²) in [6.07, 6.45) is 0.474. The number of ether oxygens (including phenoxy) is 1. The third-order valence-electron chi connectivity index (χ3n) is 5.74. The van der Waals surface area contributed by atoms with E-state index in [1.807, 2.05) is 11.9 Å². The van der Waals surface area contributed by atoms with Crippen LogP contribution in [0, 0.1) is 11.6 Å². The van der Waals surface area contributed by atoms with Crippen LogP contribution in [-0.4, -0.2) is 58.9 Å². The number of nitrogens with two attached hydrogens (primary N) is 1. The zero-order valence-electron chi connectivity index (χ0n) is 18.8. The summed E-state index contributed by atoms with van der Waals surface area (Å²) in [5.74, 6) is -1.60. The number of likely N-dealkylation sites (N-methyl/N-ethyl adjacent to an activating group) is 1. The van der Waals surface area contributed by atoms with Gasteiger partial charge in [0.05, 0.1) is 16.9 Å². The molecule has 1 aromatic heterocycles. The Bertz CT molecular complexity index is 1220. The van der Waals surface area contributed by atoms with Gasteiger partial charge in [-0.1, -0.05) is 23.7 Å². The number of benzene rings is 2. The molecule has 1 aliphatic heterocycles. The van der Waals surface area contributed by atoms with Crippen molar-refractivity contribution in [3.05, 3.63) is 70.4 Å². The van der Waals surface area contributed by atoms with E-state index in [1.165, 1.54) is 13.1 Å². The van der Waals surface area contributed by atoms with E-state index in [0.29, 0.717) is 29.9 Å². The van der Waals surface area contributed by atoms with Crippen molar-refractivity contribution in [1.29, 1.82) is 0 Å². The molecule has 1 aliphatic rings. The smallest absolute Gasteiger partial charge is 0.258 e. The Morgan fingerprint density at radius 3 is 2.59 bits per heavy atom. The van der Waals surface area contributed by atoms with Crippen molar-refractivity contribution in [2.24, 2.45) is 0 Å². The van der Waals surface area contributed by atoms with Crippen molar-refractivity contribution in [3.63, 3.8) is 0 Å². The molecule has 3 aromatic rings. The van der Waals surface area contributed by atoms with Gasteiger partial charge in [0, 0.05) is 42.9 Å². The van der Waals surface area contributed by atoms with E-state index in [4.69, 9.17) is 22.1 Å². The highest BCUT2D eigenvalue weighted by Gasteiger charge is 2.23. The first-order valence-corrected chi connectivity index (χ1v) is 11.1. The molecule has 2 aromatic carbocycles. The monoisotopic (exact) mass is 487 g/mol. The van der Waals surface area contributed by atoms with Gasteiger partial charge in [0.25, 0.3) is 11.8 Å². The summed E-state index contributed by atoms with van der Waals surface area (Å²) >= 11 is 5.94. The molecule has 0 bridgehead atoms. The van der Waals surface area contributed by atoms with E-state index in [0.717, 1.165) is 25.2 Å². The van der Waals surface area contributed by atoms with E-state index in [-0.39, 0.29) is 28.2 Å². The zero-order chi connectivity index (χ0) is 24.4. The first kappa shape index (κ1) is 23.8. The molecule has 10 heteroatoms. The molecule has 0 radical (unpaired) electrons. The molecule has 1 fully saturated rings. The second-order valence-corrected chi connectivity index (χ2v) is 8.52. The molecule has 0 spiro atoms. The minimum Gasteiger partial charge on any atom is -0.467 e. The lowest BCUT2D eigenvalue weighted by Gasteiger charge is -2.32. The third kappa shape index (κ3) is 4.95. The number of halogens is 3. The lowest BCUT2D eigenvalue weighted by Crippen LogP contribution is -2.47. The van der Waals surface area contributed by atoms with Crippen LogP contribution < -0.4 is 10.5 Å². The first-order chi connectivity index (χ1) is 16.2. The second-order valence-electron chi connectivity index (χ2n) is 8.14. The second kappa shape index (κ2) is 9.90. The van der Waals surface area contributed by atoms with Crippen LogP contribution in [-0.2, 0) is 0 Å². The minimum absolute atomic E-state index is 0.0202. The first-order valence-electron chi connectivity index (χ1n) is 10.8. The Hall–Kier alpha value is -3.30. The number of carbonyl (C=O) groups is 1. The fraction of sp³-hybridized carbons (Fsp3) is 0.292. The summed E-state index contributed by atoms with van der Waals surface area (Å²) in [6, 6.07) is 8.96. The molecule has 1 amide bonds. The maximum atomic E-state index is 14.3.